The van der Waals surface area contributed by atoms with Gasteiger partial charge in [0.05, 0.1) is 23.6 Å². The van der Waals surface area contributed by atoms with Crippen LogP contribution < -0.4 is 19.6 Å². The highest BCUT2D eigenvalue weighted by atomic mass is 32.2. The molecule has 2 aromatic carbocycles. The Morgan fingerprint density at radius 1 is 0.893 bits per heavy atom. The molecule has 11 heteroatoms. The Morgan fingerprint density at radius 3 is 2.11 bits per heavy atom. The van der Waals surface area contributed by atoms with E-state index in [-0.39, 0.29) is 28.1 Å². The fraction of sp³-hybridized carbons (Fsp3) is 0.118. The third-order valence-corrected chi connectivity index (χ3v) is 4.62. The number of sulfonamides is 2. The van der Waals surface area contributed by atoms with Crippen LogP contribution in [0.5, 0.6) is 11.5 Å². The molecule has 3 aromatic rings. The Balaban J connectivity index is 2.19. The molecule has 148 valence electrons. The van der Waals surface area contributed by atoms with Crippen LogP contribution in [-0.4, -0.2) is 29.3 Å². The van der Waals surface area contributed by atoms with Gasteiger partial charge in [0.25, 0.3) is 0 Å². The minimum Gasteiger partial charge on any atom is -0.462 e. The molecule has 0 atom stereocenters. The van der Waals surface area contributed by atoms with Gasteiger partial charge in [-0.05, 0) is 18.2 Å². The third-order valence-electron chi connectivity index (χ3n) is 3.44. The number of nitrogens with one attached hydrogen (secondary N) is 2. The lowest BCUT2D eigenvalue weighted by Crippen LogP contribution is -2.17. The Morgan fingerprint density at radius 2 is 1.50 bits per heavy atom. The van der Waals surface area contributed by atoms with Crippen LogP contribution in [0, 0.1) is 0 Å². The largest absolute Gasteiger partial charge is 0.462 e. The minimum absolute atomic E-state index is 0.0126. The van der Waals surface area contributed by atoms with Crippen molar-refractivity contribution in [2.45, 2.75) is 0 Å². The van der Waals surface area contributed by atoms with Crippen LogP contribution >= 0.6 is 0 Å². The van der Waals surface area contributed by atoms with E-state index in [9.17, 15) is 21.6 Å². The smallest absolute Gasteiger partial charge is 0.230 e. The van der Waals surface area contributed by atoms with E-state index in [1.165, 1.54) is 12.1 Å². The van der Waals surface area contributed by atoms with Gasteiger partial charge in [-0.3, -0.25) is 14.2 Å². The van der Waals surface area contributed by atoms with Crippen molar-refractivity contribution in [2.75, 3.05) is 22.0 Å². The molecular weight excluding hydrogens is 408 g/mol. The number of rotatable bonds is 6. The number of fused-ring (bicyclic) bond motifs is 1. The number of hydrogen-bond donors (Lipinski definition) is 2. The molecule has 0 spiro atoms. The van der Waals surface area contributed by atoms with E-state index in [0.717, 1.165) is 18.8 Å². The van der Waals surface area contributed by atoms with Gasteiger partial charge in [0.2, 0.25) is 25.5 Å². The molecule has 1 aromatic heterocycles. The van der Waals surface area contributed by atoms with Crippen LogP contribution in [0.4, 0.5) is 11.4 Å². The quantitative estimate of drug-likeness (QED) is 0.621. The van der Waals surface area contributed by atoms with E-state index < -0.39 is 25.5 Å². The van der Waals surface area contributed by atoms with E-state index in [4.69, 9.17) is 9.15 Å². The van der Waals surface area contributed by atoms with Crippen molar-refractivity contribution in [3.63, 3.8) is 0 Å². The molecule has 0 radical (unpaired) electrons. The molecule has 0 aliphatic heterocycles. The lowest BCUT2D eigenvalue weighted by atomic mass is 10.2. The van der Waals surface area contributed by atoms with Gasteiger partial charge < -0.3 is 9.15 Å². The summed E-state index contributed by atoms with van der Waals surface area (Å²) in [6, 6.07) is 11.1. The standard InChI is InChI=1S/C17H16N2O7S2/c1-27(21,22)18-13-9-15-12(8-16(13)26-11-6-4-3-5-7-11)17(20)14(10-25-15)19-28(2,23)24/h3-10,18-19H,1-2H3. The van der Waals surface area contributed by atoms with Crippen LogP contribution in [0.3, 0.4) is 0 Å². The van der Waals surface area contributed by atoms with E-state index in [0.29, 0.717) is 5.75 Å². The molecule has 0 amide bonds. The second kappa shape index (κ2) is 7.17. The van der Waals surface area contributed by atoms with Gasteiger partial charge in [-0.25, -0.2) is 16.8 Å². The summed E-state index contributed by atoms with van der Waals surface area (Å²) in [5, 5.41) is 0.0126. The van der Waals surface area contributed by atoms with Crippen molar-refractivity contribution >= 4 is 42.4 Å². The maximum absolute atomic E-state index is 12.6. The third kappa shape index (κ3) is 4.81. The van der Waals surface area contributed by atoms with Crippen molar-refractivity contribution in [1.82, 2.24) is 0 Å². The summed E-state index contributed by atoms with van der Waals surface area (Å²) in [6.45, 7) is 0. The zero-order valence-corrected chi connectivity index (χ0v) is 16.4. The summed E-state index contributed by atoms with van der Waals surface area (Å²) >= 11 is 0. The summed E-state index contributed by atoms with van der Waals surface area (Å²) < 4.78 is 61.6. The fourth-order valence-corrected chi connectivity index (χ4v) is 3.50. The van der Waals surface area contributed by atoms with Gasteiger partial charge in [0.15, 0.2) is 5.75 Å². The van der Waals surface area contributed by atoms with Crippen molar-refractivity contribution in [3.05, 3.63) is 59.0 Å². The minimum atomic E-state index is -3.69. The number of anilines is 2. The van der Waals surface area contributed by atoms with Crippen LogP contribution in [0.1, 0.15) is 0 Å². The second-order valence-corrected chi connectivity index (χ2v) is 9.48. The summed E-state index contributed by atoms with van der Waals surface area (Å²) in [6.07, 6.45) is 2.83. The molecule has 1 heterocycles. The highest BCUT2D eigenvalue weighted by Gasteiger charge is 2.17. The fourth-order valence-electron chi connectivity index (χ4n) is 2.41. The Labute approximate surface area is 161 Å². The summed E-state index contributed by atoms with van der Waals surface area (Å²) in [5.41, 5.74) is -0.804. The zero-order valence-electron chi connectivity index (χ0n) is 14.8. The molecule has 0 aliphatic rings. The monoisotopic (exact) mass is 424 g/mol. The van der Waals surface area contributed by atoms with E-state index in [1.807, 2.05) is 0 Å². The molecule has 0 fully saturated rings. The molecule has 0 bridgehead atoms. The number of ether oxygens (including phenoxy) is 1. The Kier molecular flexibility index (Phi) is 5.04. The molecule has 28 heavy (non-hydrogen) atoms. The normalized spacial score (nSPS) is 11.9. The maximum Gasteiger partial charge on any atom is 0.230 e. The van der Waals surface area contributed by atoms with Gasteiger partial charge in [-0.1, -0.05) is 18.2 Å². The zero-order chi connectivity index (χ0) is 20.5. The van der Waals surface area contributed by atoms with Gasteiger partial charge in [0, 0.05) is 6.07 Å². The Bertz CT molecular complexity index is 1300. The first-order chi connectivity index (χ1) is 13.0. The Hall–Kier alpha value is -3.05. The lowest BCUT2D eigenvalue weighted by Gasteiger charge is -2.13. The number of benzene rings is 2. The van der Waals surface area contributed by atoms with Crippen LogP contribution in [0.15, 0.2) is 57.9 Å². The molecule has 0 unspecified atom stereocenters. The molecule has 2 N–H and O–H groups in total. The average Bonchev–Trinajstić information content (AvgIpc) is 2.57. The van der Waals surface area contributed by atoms with Crippen LogP contribution in [-0.2, 0) is 20.0 Å². The first-order valence-electron chi connectivity index (χ1n) is 7.80. The van der Waals surface area contributed by atoms with Crippen molar-refractivity contribution in [1.29, 1.82) is 0 Å². The number of hydrogen-bond acceptors (Lipinski definition) is 7. The summed E-state index contributed by atoms with van der Waals surface area (Å²) in [4.78, 5) is 12.6. The van der Waals surface area contributed by atoms with E-state index in [1.54, 1.807) is 30.3 Å². The highest BCUT2D eigenvalue weighted by Crippen LogP contribution is 2.34. The highest BCUT2D eigenvalue weighted by molar-refractivity contribution is 7.92. The van der Waals surface area contributed by atoms with Crippen LogP contribution in [0.2, 0.25) is 0 Å². The maximum atomic E-state index is 12.6. The molecule has 3 rings (SSSR count). The molecule has 0 aliphatic carbocycles. The van der Waals surface area contributed by atoms with Crippen molar-refractivity contribution in [2.24, 2.45) is 0 Å². The van der Waals surface area contributed by atoms with Gasteiger partial charge in [0.1, 0.15) is 23.3 Å². The van der Waals surface area contributed by atoms with Crippen molar-refractivity contribution in [3.8, 4) is 11.5 Å². The van der Waals surface area contributed by atoms with E-state index in [2.05, 4.69) is 9.44 Å². The predicted octanol–water partition coefficient (Wildman–Crippen LogP) is 2.33. The first-order valence-corrected chi connectivity index (χ1v) is 11.6. The van der Waals surface area contributed by atoms with E-state index >= 15 is 0 Å². The molecule has 0 saturated heterocycles. The topological polar surface area (TPSA) is 132 Å². The second-order valence-electron chi connectivity index (χ2n) is 5.99. The molecule has 9 nitrogen and oxygen atoms in total. The van der Waals surface area contributed by atoms with Gasteiger partial charge in [-0.15, -0.1) is 0 Å². The molecule has 0 saturated carbocycles. The summed E-state index contributed by atoms with van der Waals surface area (Å²) in [5.74, 6) is 0.459. The van der Waals surface area contributed by atoms with Gasteiger partial charge in [-0.2, -0.15) is 0 Å². The average molecular weight is 424 g/mol. The van der Waals surface area contributed by atoms with Gasteiger partial charge >= 0.3 is 0 Å². The SMILES string of the molecule is CS(=O)(=O)Nc1cc2occ(NS(C)(=O)=O)c(=O)c2cc1Oc1ccccc1. The first kappa shape index (κ1) is 19.7. The summed E-state index contributed by atoms with van der Waals surface area (Å²) in [7, 11) is -7.34. The molecular formula is C17H16N2O7S2. The lowest BCUT2D eigenvalue weighted by molar-refractivity contribution is 0.485. The number of para-hydroxylation sites is 1. The van der Waals surface area contributed by atoms with Crippen LogP contribution in [0.25, 0.3) is 11.0 Å². The van der Waals surface area contributed by atoms with Crippen molar-refractivity contribution < 1.29 is 26.0 Å². The predicted molar refractivity (Wildman–Crippen MR) is 106 cm³/mol.